The highest BCUT2D eigenvalue weighted by molar-refractivity contribution is 5.59. The molecule has 0 aromatic carbocycles. The van der Waals surface area contributed by atoms with Gasteiger partial charge in [0.05, 0.1) is 18.8 Å². The van der Waals surface area contributed by atoms with E-state index >= 15 is 0 Å². The molecule has 8 nitrogen and oxygen atoms in total. The predicted molar refractivity (Wildman–Crippen MR) is 119 cm³/mol. The van der Waals surface area contributed by atoms with Crippen molar-refractivity contribution < 1.29 is 10.2 Å². The van der Waals surface area contributed by atoms with Gasteiger partial charge < -0.3 is 25.7 Å². The second-order valence-electron chi connectivity index (χ2n) is 7.83. The molecule has 0 saturated heterocycles. The van der Waals surface area contributed by atoms with E-state index in [2.05, 4.69) is 45.6 Å². The van der Waals surface area contributed by atoms with Gasteiger partial charge in [-0.05, 0) is 34.5 Å². The zero-order chi connectivity index (χ0) is 21.4. The average Bonchev–Trinajstić information content (AvgIpc) is 2.62. The van der Waals surface area contributed by atoms with Gasteiger partial charge in [0.2, 0.25) is 0 Å². The van der Waals surface area contributed by atoms with E-state index in [0.717, 1.165) is 58.9 Å². The second-order valence-corrected chi connectivity index (χ2v) is 7.83. The Bertz CT molecular complexity index is 382. The molecule has 0 heterocycles. The van der Waals surface area contributed by atoms with Gasteiger partial charge in [0.25, 0.3) is 0 Å². The van der Waals surface area contributed by atoms with Crippen molar-refractivity contribution in [1.29, 1.82) is 0 Å². The normalized spacial score (nSPS) is 14.9. The third-order valence-corrected chi connectivity index (χ3v) is 4.71. The fourth-order valence-corrected chi connectivity index (χ4v) is 2.87. The van der Waals surface area contributed by atoms with Crippen LogP contribution in [0.25, 0.3) is 0 Å². The Labute approximate surface area is 173 Å². The van der Waals surface area contributed by atoms with Crippen LogP contribution in [-0.4, -0.2) is 141 Å². The lowest BCUT2D eigenvalue weighted by atomic mass is 10.3. The molecule has 4 N–H and O–H groups in total. The van der Waals surface area contributed by atoms with Crippen molar-refractivity contribution in [3.63, 3.8) is 0 Å². The Balaban J connectivity index is 4.13. The summed E-state index contributed by atoms with van der Waals surface area (Å²) in [5.41, 5.74) is 5.65. The van der Waals surface area contributed by atoms with Gasteiger partial charge in [0, 0.05) is 71.7 Å². The number of nitrogens with zero attached hydrogens (tertiary/aromatic N) is 5. The number of nitrogens with two attached hydrogens (primary N) is 1. The number of hydrogen-bond donors (Lipinski definition) is 3. The molecule has 0 spiro atoms. The highest BCUT2D eigenvalue weighted by atomic mass is 16.3. The minimum atomic E-state index is -0.330. The maximum Gasteiger partial charge on any atom is 0.0639 e. The van der Waals surface area contributed by atoms with Crippen molar-refractivity contribution >= 4 is 6.21 Å². The minimum absolute atomic E-state index is 0.329. The number of likely N-dealkylation sites (N-methyl/N-ethyl adjacent to an activating group) is 2. The highest BCUT2D eigenvalue weighted by Crippen LogP contribution is 1.95. The number of aliphatic hydroxyl groups is 2. The van der Waals surface area contributed by atoms with Crippen LogP contribution in [0.3, 0.4) is 0 Å². The Morgan fingerprint density at radius 3 is 2.00 bits per heavy atom. The van der Waals surface area contributed by atoms with Crippen molar-refractivity contribution in [2.75, 3.05) is 92.6 Å². The first-order chi connectivity index (χ1) is 13.3. The molecule has 2 atom stereocenters. The summed E-state index contributed by atoms with van der Waals surface area (Å²) in [6.45, 7) is 15.8. The maximum absolute atomic E-state index is 9.68. The average molecular weight is 403 g/mol. The van der Waals surface area contributed by atoms with Crippen LogP contribution in [0.15, 0.2) is 4.99 Å². The molecule has 2 unspecified atom stereocenters. The summed E-state index contributed by atoms with van der Waals surface area (Å²) < 4.78 is 0. The van der Waals surface area contributed by atoms with Gasteiger partial charge in [0.1, 0.15) is 0 Å². The largest absolute Gasteiger partial charge is 0.392 e. The SMILES string of the molecule is CCN(C)CCN(CC=NCCN(C)CCN(CCN)CC(C)O)CC(C)O. The lowest BCUT2D eigenvalue weighted by Gasteiger charge is -2.26. The first kappa shape index (κ1) is 27.4. The summed E-state index contributed by atoms with van der Waals surface area (Å²) >= 11 is 0. The quantitative estimate of drug-likeness (QED) is 0.260. The summed E-state index contributed by atoms with van der Waals surface area (Å²) in [5, 5.41) is 19.2. The van der Waals surface area contributed by atoms with Crippen LogP contribution < -0.4 is 5.73 Å². The van der Waals surface area contributed by atoms with E-state index in [9.17, 15) is 10.2 Å². The van der Waals surface area contributed by atoms with Gasteiger partial charge >= 0.3 is 0 Å². The van der Waals surface area contributed by atoms with Crippen LogP contribution in [0.1, 0.15) is 20.8 Å². The van der Waals surface area contributed by atoms with Crippen LogP contribution in [-0.2, 0) is 0 Å². The Morgan fingerprint density at radius 2 is 1.43 bits per heavy atom. The maximum atomic E-state index is 9.68. The zero-order valence-corrected chi connectivity index (χ0v) is 18.9. The van der Waals surface area contributed by atoms with Gasteiger partial charge in [-0.2, -0.15) is 0 Å². The molecule has 0 aliphatic heterocycles. The molecule has 0 aromatic rings. The van der Waals surface area contributed by atoms with Gasteiger partial charge in [-0.15, -0.1) is 0 Å². The summed E-state index contributed by atoms with van der Waals surface area (Å²) in [5.74, 6) is 0. The fraction of sp³-hybridized carbons (Fsp3) is 0.950. The topological polar surface area (TPSA) is 91.8 Å². The lowest BCUT2D eigenvalue weighted by Crippen LogP contribution is -2.40. The van der Waals surface area contributed by atoms with Gasteiger partial charge in [0.15, 0.2) is 0 Å². The number of rotatable bonds is 18. The molecule has 0 aliphatic carbocycles. The minimum Gasteiger partial charge on any atom is -0.392 e. The summed E-state index contributed by atoms with van der Waals surface area (Å²) in [4.78, 5) is 13.5. The van der Waals surface area contributed by atoms with Crippen molar-refractivity contribution in [2.24, 2.45) is 10.7 Å². The number of aliphatic imine (C=N–C) groups is 1. The molecular formula is C20H46N6O2. The molecule has 0 radical (unpaired) electrons. The van der Waals surface area contributed by atoms with Crippen molar-refractivity contribution in [1.82, 2.24) is 19.6 Å². The van der Waals surface area contributed by atoms with E-state index in [1.807, 2.05) is 20.1 Å². The van der Waals surface area contributed by atoms with E-state index in [1.165, 1.54) is 0 Å². The second kappa shape index (κ2) is 17.3. The van der Waals surface area contributed by atoms with E-state index in [-0.39, 0.29) is 12.2 Å². The summed E-state index contributed by atoms with van der Waals surface area (Å²) in [6, 6.07) is 0. The van der Waals surface area contributed by atoms with Crippen LogP contribution in [0, 0.1) is 0 Å². The molecular weight excluding hydrogens is 356 g/mol. The van der Waals surface area contributed by atoms with Gasteiger partial charge in [-0.3, -0.25) is 14.8 Å². The van der Waals surface area contributed by atoms with Crippen LogP contribution in [0.4, 0.5) is 0 Å². The number of hydrogen-bond acceptors (Lipinski definition) is 8. The highest BCUT2D eigenvalue weighted by Gasteiger charge is 2.09. The smallest absolute Gasteiger partial charge is 0.0639 e. The third-order valence-electron chi connectivity index (χ3n) is 4.71. The molecule has 0 aliphatic rings. The zero-order valence-electron chi connectivity index (χ0n) is 18.9. The van der Waals surface area contributed by atoms with E-state index in [1.54, 1.807) is 0 Å². The van der Waals surface area contributed by atoms with Crippen LogP contribution >= 0.6 is 0 Å². The molecule has 0 aromatic heterocycles. The first-order valence-electron chi connectivity index (χ1n) is 10.6. The monoisotopic (exact) mass is 402 g/mol. The Kier molecular flexibility index (Phi) is 16.9. The standard InChI is InChI=1S/C20H46N6O2/c1-6-23(4)13-15-26(18-20(3)28)12-9-22-8-11-24(5)14-16-25(10-7-21)17-19(2)27/h9,19-20,27-28H,6-8,10-18,21H2,1-5H3. The molecule has 8 heteroatoms. The number of aliphatic hydroxyl groups excluding tert-OH is 2. The molecule has 168 valence electrons. The Hall–Kier alpha value is -0.610. The van der Waals surface area contributed by atoms with Crippen molar-refractivity contribution in [3.8, 4) is 0 Å². The Morgan fingerprint density at radius 1 is 0.857 bits per heavy atom. The third kappa shape index (κ3) is 16.4. The molecule has 0 amide bonds. The molecule has 0 saturated carbocycles. The molecule has 28 heavy (non-hydrogen) atoms. The van der Waals surface area contributed by atoms with E-state index in [4.69, 9.17) is 5.73 Å². The lowest BCUT2D eigenvalue weighted by molar-refractivity contribution is 0.121. The fourth-order valence-electron chi connectivity index (χ4n) is 2.87. The van der Waals surface area contributed by atoms with E-state index in [0.29, 0.717) is 19.6 Å². The molecule has 0 rings (SSSR count). The van der Waals surface area contributed by atoms with Crippen molar-refractivity contribution in [2.45, 2.75) is 33.0 Å². The molecule has 0 bridgehead atoms. The van der Waals surface area contributed by atoms with Gasteiger partial charge in [-0.25, -0.2) is 0 Å². The van der Waals surface area contributed by atoms with Crippen LogP contribution in [0.2, 0.25) is 0 Å². The summed E-state index contributed by atoms with van der Waals surface area (Å²) in [7, 11) is 4.21. The molecule has 0 fully saturated rings. The summed E-state index contributed by atoms with van der Waals surface area (Å²) in [6.07, 6.45) is 1.31. The first-order valence-corrected chi connectivity index (χ1v) is 10.6. The van der Waals surface area contributed by atoms with E-state index < -0.39 is 0 Å². The van der Waals surface area contributed by atoms with Crippen LogP contribution in [0.5, 0.6) is 0 Å². The predicted octanol–water partition coefficient (Wildman–Crippen LogP) is -0.735. The van der Waals surface area contributed by atoms with Gasteiger partial charge in [-0.1, -0.05) is 6.92 Å². The van der Waals surface area contributed by atoms with Crippen molar-refractivity contribution in [3.05, 3.63) is 0 Å².